The lowest BCUT2D eigenvalue weighted by atomic mass is 10.2. The van der Waals surface area contributed by atoms with Crippen molar-refractivity contribution in [2.24, 2.45) is 0 Å². The number of rotatable bonds is 5. The number of fused-ring (bicyclic) bond motifs is 1. The molecule has 0 aliphatic rings. The Labute approximate surface area is 161 Å². The molecule has 9 heteroatoms. The standard InChI is InChI=1S/C19H13FN4O3S/c20-13-4-6-14(7-5-13)23-17(25)10-27-15-3-1-2-12(8-15)9-16-18(26)24-19(28-16)21-11-22-24/h1-9,11H,10H2,(H,23,25)/b16-9-. The van der Waals surface area contributed by atoms with Crippen molar-refractivity contribution >= 4 is 34.0 Å². The second-order valence-electron chi connectivity index (χ2n) is 5.79. The molecule has 0 aliphatic carbocycles. The minimum Gasteiger partial charge on any atom is -0.484 e. The lowest BCUT2D eigenvalue weighted by Crippen LogP contribution is -2.23. The van der Waals surface area contributed by atoms with Crippen LogP contribution in [0.4, 0.5) is 10.1 Å². The van der Waals surface area contributed by atoms with E-state index in [1.165, 1.54) is 46.4 Å². The highest BCUT2D eigenvalue weighted by Gasteiger charge is 2.07. The average Bonchev–Trinajstić information content (AvgIpc) is 3.26. The number of thiazole rings is 1. The van der Waals surface area contributed by atoms with Crippen LogP contribution in [0.3, 0.4) is 0 Å². The molecule has 4 rings (SSSR count). The van der Waals surface area contributed by atoms with E-state index in [1.807, 2.05) is 6.07 Å². The fourth-order valence-corrected chi connectivity index (χ4v) is 3.38. The van der Waals surface area contributed by atoms with Gasteiger partial charge in [-0.05, 0) is 48.0 Å². The maximum atomic E-state index is 12.9. The van der Waals surface area contributed by atoms with Crippen LogP contribution >= 0.6 is 11.3 Å². The predicted octanol–water partition coefficient (Wildman–Crippen LogP) is 1.86. The first-order chi connectivity index (χ1) is 13.6. The summed E-state index contributed by atoms with van der Waals surface area (Å²) in [6.07, 6.45) is 3.05. The molecule has 140 valence electrons. The first kappa shape index (κ1) is 17.8. The number of hydrogen-bond donors (Lipinski definition) is 1. The quantitative estimate of drug-likeness (QED) is 0.557. The van der Waals surface area contributed by atoms with E-state index in [9.17, 15) is 14.0 Å². The average molecular weight is 396 g/mol. The van der Waals surface area contributed by atoms with Gasteiger partial charge < -0.3 is 10.1 Å². The topological polar surface area (TPSA) is 85.6 Å². The largest absolute Gasteiger partial charge is 0.484 e. The fraction of sp³-hybridized carbons (Fsp3) is 0.0526. The van der Waals surface area contributed by atoms with Gasteiger partial charge in [0.25, 0.3) is 11.5 Å². The predicted molar refractivity (Wildman–Crippen MR) is 103 cm³/mol. The zero-order chi connectivity index (χ0) is 19.5. The zero-order valence-electron chi connectivity index (χ0n) is 14.3. The van der Waals surface area contributed by atoms with Crippen LogP contribution in [0.1, 0.15) is 5.56 Å². The second-order valence-corrected chi connectivity index (χ2v) is 6.80. The Morgan fingerprint density at radius 3 is 2.86 bits per heavy atom. The van der Waals surface area contributed by atoms with E-state index in [4.69, 9.17) is 4.74 Å². The Morgan fingerprint density at radius 2 is 2.07 bits per heavy atom. The van der Waals surface area contributed by atoms with Crippen LogP contribution < -0.4 is 20.1 Å². The third-order valence-electron chi connectivity index (χ3n) is 3.77. The van der Waals surface area contributed by atoms with Crippen LogP contribution in [-0.4, -0.2) is 27.1 Å². The van der Waals surface area contributed by atoms with E-state index in [-0.39, 0.29) is 23.9 Å². The van der Waals surface area contributed by atoms with E-state index in [2.05, 4.69) is 15.4 Å². The van der Waals surface area contributed by atoms with Crippen LogP contribution in [0.25, 0.3) is 11.0 Å². The van der Waals surface area contributed by atoms with Crippen molar-refractivity contribution in [1.29, 1.82) is 0 Å². The number of amides is 1. The van der Waals surface area contributed by atoms with Gasteiger partial charge in [0.2, 0.25) is 4.96 Å². The minimum atomic E-state index is -0.376. The molecule has 0 unspecified atom stereocenters. The van der Waals surface area contributed by atoms with Gasteiger partial charge in [-0.25, -0.2) is 9.37 Å². The van der Waals surface area contributed by atoms with Gasteiger partial charge in [-0.3, -0.25) is 9.59 Å². The summed E-state index contributed by atoms with van der Waals surface area (Å²) >= 11 is 1.24. The zero-order valence-corrected chi connectivity index (χ0v) is 15.1. The van der Waals surface area contributed by atoms with Gasteiger partial charge in [-0.15, -0.1) is 0 Å². The van der Waals surface area contributed by atoms with Crippen molar-refractivity contribution in [3.05, 3.63) is 81.1 Å². The minimum absolute atomic E-state index is 0.204. The molecule has 0 spiro atoms. The molecule has 1 N–H and O–H groups in total. The smallest absolute Gasteiger partial charge is 0.291 e. The summed E-state index contributed by atoms with van der Waals surface area (Å²) in [6, 6.07) is 12.5. The maximum absolute atomic E-state index is 12.9. The molecule has 0 radical (unpaired) electrons. The molecule has 2 aromatic heterocycles. The molecule has 0 saturated heterocycles. The molecule has 2 heterocycles. The van der Waals surface area contributed by atoms with Crippen molar-refractivity contribution in [2.75, 3.05) is 11.9 Å². The number of halogens is 1. The molecular formula is C19H13FN4O3S. The first-order valence-electron chi connectivity index (χ1n) is 8.21. The lowest BCUT2D eigenvalue weighted by molar-refractivity contribution is -0.118. The van der Waals surface area contributed by atoms with E-state index in [0.717, 1.165) is 5.56 Å². The van der Waals surface area contributed by atoms with Gasteiger partial charge in [0.15, 0.2) is 6.61 Å². The molecule has 4 aromatic rings. The Kier molecular flexibility index (Phi) is 4.81. The molecule has 1 amide bonds. The summed E-state index contributed by atoms with van der Waals surface area (Å²) < 4.78 is 20.1. The van der Waals surface area contributed by atoms with Crippen LogP contribution in [0, 0.1) is 5.82 Å². The molecule has 0 fully saturated rings. The van der Waals surface area contributed by atoms with Gasteiger partial charge in [0.1, 0.15) is 17.9 Å². The first-order valence-corrected chi connectivity index (χ1v) is 9.03. The molecule has 0 atom stereocenters. The molecular weight excluding hydrogens is 383 g/mol. The summed E-state index contributed by atoms with van der Waals surface area (Å²) in [4.78, 5) is 28.7. The fourth-order valence-electron chi connectivity index (χ4n) is 2.50. The number of hydrogen-bond acceptors (Lipinski definition) is 6. The van der Waals surface area contributed by atoms with Crippen LogP contribution in [0.15, 0.2) is 59.7 Å². The third kappa shape index (κ3) is 3.89. The highest BCUT2D eigenvalue weighted by molar-refractivity contribution is 7.15. The number of nitrogens with one attached hydrogen (secondary N) is 1. The maximum Gasteiger partial charge on any atom is 0.291 e. The number of carbonyl (C=O) groups is 1. The molecule has 2 aromatic carbocycles. The SMILES string of the molecule is O=C(COc1cccc(/C=c2\sc3ncnn3c2=O)c1)Nc1ccc(F)cc1. The summed E-state index contributed by atoms with van der Waals surface area (Å²) in [5.41, 5.74) is 0.997. The van der Waals surface area contributed by atoms with E-state index in [1.54, 1.807) is 24.3 Å². The highest BCUT2D eigenvalue weighted by atomic mass is 32.1. The molecule has 0 aliphatic heterocycles. The van der Waals surface area contributed by atoms with Crippen molar-refractivity contribution in [3.8, 4) is 5.75 Å². The summed E-state index contributed by atoms with van der Waals surface area (Å²) in [5, 5.41) is 6.50. The Bertz CT molecular complexity index is 1250. The normalized spacial score (nSPS) is 11.7. The van der Waals surface area contributed by atoms with Gasteiger partial charge in [-0.1, -0.05) is 23.5 Å². The van der Waals surface area contributed by atoms with Crippen molar-refractivity contribution in [2.45, 2.75) is 0 Å². The van der Waals surface area contributed by atoms with Crippen LogP contribution in [0.2, 0.25) is 0 Å². The number of benzene rings is 2. The van der Waals surface area contributed by atoms with Crippen molar-refractivity contribution in [3.63, 3.8) is 0 Å². The highest BCUT2D eigenvalue weighted by Crippen LogP contribution is 2.14. The Morgan fingerprint density at radius 1 is 1.25 bits per heavy atom. The monoisotopic (exact) mass is 396 g/mol. The van der Waals surface area contributed by atoms with Crippen LogP contribution in [0.5, 0.6) is 5.75 Å². The van der Waals surface area contributed by atoms with Crippen molar-refractivity contribution < 1.29 is 13.9 Å². The number of nitrogens with zero attached hydrogens (tertiary/aromatic N) is 3. The third-order valence-corrected chi connectivity index (χ3v) is 4.75. The lowest BCUT2D eigenvalue weighted by Gasteiger charge is -2.08. The Hall–Kier alpha value is -3.59. The van der Waals surface area contributed by atoms with Gasteiger partial charge in [-0.2, -0.15) is 9.61 Å². The number of carbonyl (C=O) groups excluding carboxylic acids is 1. The number of aromatic nitrogens is 3. The van der Waals surface area contributed by atoms with E-state index >= 15 is 0 Å². The van der Waals surface area contributed by atoms with Gasteiger partial charge in [0, 0.05) is 5.69 Å². The summed E-state index contributed by atoms with van der Waals surface area (Å²) in [6.45, 7) is -0.204. The van der Waals surface area contributed by atoms with Crippen molar-refractivity contribution in [1.82, 2.24) is 14.6 Å². The summed E-state index contributed by atoms with van der Waals surface area (Å²) in [5.74, 6) is -0.262. The van der Waals surface area contributed by atoms with Gasteiger partial charge >= 0.3 is 0 Å². The molecule has 28 heavy (non-hydrogen) atoms. The molecule has 0 bridgehead atoms. The van der Waals surface area contributed by atoms with E-state index < -0.39 is 0 Å². The van der Waals surface area contributed by atoms with E-state index in [0.29, 0.717) is 20.9 Å². The van der Waals surface area contributed by atoms with Crippen LogP contribution in [-0.2, 0) is 4.79 Å². The number of ether oxygens (including phenoxy) is 1. The Balaban J connectivity index is 1.45. The second kappa shape index (κ2) is 7.57. The van der Waals surface area contributed by atoms with Gasteiger partial charge in [0.05, 0.1) is 4.53 Å². The number of anilines is 1. The molecule has 7 nitrogen and oxygen atoms in total. The summed E-state index contributed by atoms with van der Waals surface area (Å²) in [7, 11) is 0. The molecule has 0 saturated carbocycles.